The maximum absolute atomic E-state index is 13.0. The van der Waals surface area contributed by atoms with E-state index in [1.165, 1.54) is 4.68 Å². The summed E-state index contributed by atoms with van der Waals surface area (Å²) < 4.78 is 9.18. The van der Waals surface area contributed by atoms with Crippen molar-refractivity contribution in [2.75, 3.05) is 5.32 Å². The molecule has 1 amide bonds. The average molecular weight is 393 g/mol. The van der Waals surface area contributed by atoms with Crippen LogP contribution in [-0.2, 0) is 11.8 Å². The number of carbonyl (C=O) groups is 1. The maximum Gasteiger partial charge on any atom is 0.295 e. The predicted molar refractivity (Wildman–Crippen MR) is 115 cm³/mol. The molecule has 152 valence electrons. The fraction of sp³-hybridized carbons (Fsp3) is 0.304. The Morgan fingerprint density at radius 2 is 1.76 bits per heavy atom. The second-order valence-corrected chi connectivity index (χ2v) is 7.19. The van der Waals surface area contributed by atoms with Crippen LogP contribution in [0.2, 0.25) is 0 Å². The van der Waals surface area contributed by atoms with E-state index in [4.69, 9.17) is 4.74 Å². The topological polar surface area (TPSA) is 65.3 Å². The first-order valence-electron chi connectivity index (χ1n) is 9.72. The molecule has 2 aromatic carbocycles. The Morgan fingerprint density at radius 1 is 1.07 bits per heavy atom. The van der Waals surface area contributed by atoms with E-state index in [2.05, 4.69) is 5.32 Å². The molecule has 0 aliphatic carbocycles. The van der Waals surface area contributed by atoms with Gasteiger partial charge in [-0.25, -0.2) is 4.68 Å². The van der Waals surface area contributed by atoms with Gasteiger partial charge >= 0.3 is 0 Å². The van der Waals surface area contributed by atoms with Crippen molar-refractivity contribution in [1.29, 1.82) is 0 Å². The van der Waals surface area contributed by atoms with Gasteiger partial charge in [-0.1, -0.05) is 31.2 Å². The number of nitrogens with zero attached hydrogens (tertiary/aromatic N) is 2. The van der Waals surface area contributed by atoms with Crippen molar-refractivity contribution in [3.63, 3.8) is 0 Å². The van der Waals surface area contributed by atoms with E-state index in [9.17, 15) is 9.59 Å². The normalized spacial score (nSPS) is 11.9. The number of nitrogens with one attached hydrogen (secondary N) is 1. The summed E-state index contributed by atoms with van der Waals surface area (Å²) in [6.07, 6.45) is -0.210. The molecule has 1 unspecified atom stereocenters. The number of rotatable bonds is 6. The maximum atomic E-state index is 13.0. The van der Waals surface area contributed by atoms with Gasteiger partial charge in [0, 0.05) is 7.05 Å². The van der Waals surface area contributed by atoms with Crippen molar-refractivity contribution >= 4 is 11.6 Å². The number of hydrogen-bond acceptors (Lipinski definition) is 3. The van der Waals surface area contributed by atoms with Crippen LogP contribution in [0.1, 0.15) is 30.2 Å². The molecule has 0 aliphatic heterocycles. The van der Waals surface area contributed by atoms with Gasteiger partial charge in [0.15, 0.2) is 6.10 Å². The summed E-state index contributed by atoms with van der Waals surface area (Å²) in [5.74, 6) is 0.304. The predicted octanol–water partition coefficient (Wildman–Crippen LogP) is 3.90. The first-order chi connectivity index (χ1) is 13.8. The molecular weight excluding hydrogens is 366 g/mol. The number of hydrogen-bond donors (Lipinski definition) is 1. The summed E-state index contributed by atoms with van der Waals surface area (Å²) in [5.41, 5.74) is 3.67. The van der Waals surface area contributed by atoms with Crippen molar-refractivity contribution in [2.45, 2.75) is 40.2 Å². The molecule has 1 heterocycles. The van der Waals surface area contributed by atoms with Gasteiger partial charge in [-0.3, -0.25) is 14.3 Å². The van der Waals surface area contributed by atoms with Gasteiger partial charge in [0.1, 0.15) is 11.4 Å². The van der Waals surface area contributed by atoms with Gasteiger partial charge in [-0.2, -0.15) is 0 Å². The molecule has 0 spiro atoms. The van der Waals surface area contributed by atoms with E-state index >= 15 is 0 Å². The highest BCUT2D eigenvalue weighted by Gasteiger charge is 2.23. The SMILES string of the molecule is CCC(Oc1ccc(C)c(C)c1)C(=O)Nc1c(C)n(C)n(-c2ccccc2)c1=O. The Balaban J connectivity index is 1.86. The van der Waals surface area contributed by atoms with Crippen LogP contribution >= 0.6 is 0 Å². The highest BCUT2D eigenvalue weighted by molar-refractivity contribution is 5.94. The van der Waals surface area contributed by atoms with Crippen molar-refractivity contribution < 1.29 is 9.53 Å². The quantitative estimate of drug-likeness (QED) is 0.691. The highest BCUT2D eigenvalue weighted by Crippen LogP contribution is 2.20. The number of anilines is 1. The van der Waals surface area contributed by atoms with Crippen LogP contribution in [-0.4, -0.2) is 21.4 Å². The molecule has 0 saturated carbocycles. The van der Waals surface area contributed by atoms with Gasteiger partial charge in [0.2, 0.25) is 0 Å². The zero-order valence-electron chi connectivity index (χ0n) is 17.5. The molecular formula is C23H27N3O3. The molecule has 0 aliphatic rings. The van der Waals surface area contributed by atoms with Crippen LogP contribution in [0.5, 0.6) is 5.75 Å². The molecule has 0 fully saturated rings. The Bertz CT molecular complexity index is 1080. The Morgan fingerprint density at radius 3 is 2.38 bits per heavy atom. The molecule has 3 rings (SSSR count). The Labute approximate surface area is 170 Å². The van der Waals surface area contributed by atoms with E-state index in [0.29, 0.717) is 17.9 Å². The second-order valence-electron chi connectivity index (χ2n) is 7.19. The van der Waals surface area contributed by atoms with Gasteiger partial charge in [0.25, 0.3) is 11.5 Å². The summed E-state index contributed by atoms with van der Waals surface area (Å²) in [4.78, 5) is 25.9. The molecule has 1 atom stereocenters. The highest BCUT2D eigenvalue weighted by atomic mass is 16.5. The number of ether oxygens (including phenoxy) is 1. The number of para-hydroxylation sites is 1. The Kier molecular flexibility index (Phi) is 5.92. The first kappa shape index (κ1) is 20.5. The fourth-order valence-corrected chi connectivity index (χ4v) is 3.19. The average Bonchev–Trinajstić information content (AvgIpc) is 2.92. The zero-order chi connectivity index (χ0) is 21.1. The lowest BCUT2D eigenvalue weighted by molar-refractivity contribution is -0.122. The summed E-state index contributed by atoms with van der Waals surface area (Å²) in [7, 11) is 1.79. The van der Waals surface area contributed by atoms with E-state index in [1.54, 1.807) is 11.7 Å². The number of aryl methyl sites for hydroxylation is 2. The molecule has 0 saturated heterocycles. The summed E-state index contributed by atoms with van der Waals surface area (Å²) >= 11 is 0. The van der Waals surface area contributed by atoms with Gasteiger partial charge in [-0.05, 0) is 62.6 Å². The van der Waals surface area contributed by atoms with Crippen LogP contribution in [0.4, 0.5) is 5.69 Å². The Hall–Kier alpha value is -3.28. The largest absolute Gasteiger partial charge is 0.481 e. The summed E-state index contributed by atoms with van der Waals surface area (Å²) in [6, 6.07) is 15.1. The lowest BCUT2D eigenvalue weighted by atomic mass is 10.1. The standard InChI is InChI=1S/C23H27N3O3/c1-6-20(29-19-13-12-15(2)16(3)14-19)22(27)24-21-17(4)25(5)26(23(21)28)18-10-8-7-9-11-18/h7-14,20H,6H2,1-5H3,(H,24,27). The number of amides is 1. The van der Waals surface area contributed by atoms with Crippen LogP contribution in [0.15, 0.2) is 53.3 Å². The lowest BCUT2D eigenvalue weighted by Gasteiger charge is -2.17. The zero-order valence-corrected chi connectivity index (χ0v) is 17.5. The fourth-order valence-electron chi connectivity index (χ4n) is 3.19. The first-order valence-corrected chi connectivity index (χ1v) is 9.72. The third kappa shape index (κ3) is 4.11. The molecule has 1 N–H and O–H groups in total. The minimum atomic E-state index is -0.693. The van der Waals surface area contributed by atoms with Gasteiger partial charge < -0.3 is 10.1 Å². The van der Waals surface area contributed by atoms with Gasteiger partial charge in [-0.15, -0.1) is 0 Å². The van der Waals surface area contributed by atoms with Crippen LogP contribution in [0.3, 0.4) is 0 Å². The molecule has 3 aromatic rings. The molecule has 1 aromatic heterocycles. The van der Waals surface area contributed by atoms with Crippen LogP contribution in [0.25, 0.3) is 5.69 Å². The number of aromatic nitrogens is 2. The minimum absolute atomic E-state index is 0.267. The van der Waals surface area contributed by atoms with E-state index in [1.807, 2.05) is 76.2 Å². The third-order valence-corrected chi connectivity index (χ3v) is 5.22. The smallest absolute Gasteiger partial charge is 0.295 e. The van der Waals surface area contributed by atoms with E-state index in [0.717, 1.165) is 16.8 Å². The molecule has 29 heavy (non-hydrogen) atoms. The monoisotopic (exact) mass is 393 g/mol. The summed E-state index contributed by atoms with van der Waals surface area (Å²) in [5, 5.41) is 2.79. The minimum Gasteiger partial charge on any atom is -0.481 e. The van der Waals surface area contributed by atoms with Crippen molar-refractivity contribution in [3.05, 3.63) is 75.7 Å². The number of carbonyl (C=O) groups excluding carboxylic acids is 1. The van der Waals surface area contributed by atoms with Crippen molar-refractivity contribution in [3.8, 4) is 11.4 Å². The lowest BCUT2D eigenvalue weighted by Crippen LogP contribution is -2.34. The second kappa shape index (κ2) is 8.39. The molecule has 6 heteroatoms. The van der Waals surface area contributed by atoms with Crippen molar-refractivity contribution in [2.24, 2.45) is 7.05 Å². The summed E-state index contributed by atoms with van der Waals surface area (Å²) in [6.45, 7) is 7.72. The molecule has 0 bridgehead atoms. The molecule has 6 nitrogen and oxygen atoms in total. The van der Waals surface area contributed by atoms with Crippen LogP contribution < -0.4 is 15.6 Å². The third-order valence-electron chi connectivity index (χ3n) is 5.22. The molecule has 0 radical (unpaired) electrons. The van der Waals surface area contributed by atoms with Crippen molar-refractivity contribution in [1.82, 2.24) is 9.36 Å². The van der Waals surface area contributed by atoms with E-state index < -0.39 is 6.10 Å². The number of benzene rings is 2. The van der Waals surface area contributed by atoms with Gasteiger partial charge in [0.05, 0.1) is 11.4 Å². The van der Waals surface area contributed by atoms with E-state index in [-0.39, 0.29) is 17.2 Å². The van der Waals surface area contributed by atoms with Crippen LogP contribution in [0, 0.1) is 20.8 Å².